The van der Waals surface area contributed by atoms with Crippen LogP contribution in [0.3, 0.4) is 0 Å². The summed E-state index contributed by atoms with van der Waals surface area (Å²) in [5, 5.41) is 10.6. The minimum Gasteiger partial charge on any atom is -0.576 e. The molecular weight excluding hydrogens is 2130 g/mol. The summed E-state index contributed by atoms with van der Waals surface area (Å²) in [7, 11) is 0. The van der Waals surface area contributed by atoms with Gasteiger partial charge in [0.25, 0.3) is 0 Å². The summed E-state index contributed by atoms with van der Waals surface area (Å²) in [6.45, 7) is 28.9. The Labute approximate surface area is 897 Å². The number of hydrogen-bond acceptors (Lipinski definition) is 27. The van der Waals surface area contributed by atoms with E-state index in [0.29, 0.717) is 74.3 Å². The van der Waals surface area contributed by atoms with E-state index in [1.165, 1.54) is 0 Å². The number of nitrogens with zero attached hydrogens (tertiary/aromatic N) is 11. The van der Waals surface area contributed by atoms with E-state index >= 15 is 0 Å². The summed E-state index contributed by atoms with van der Waals surface area (Å²) in [5.41, 5.74) is 17.7. The molecule has 150 heavy (non-hydrogen) atoms. The zero-order valence-electron chi connectivity index (χ0n) is 85.3. The Morgan fingerprint density at radius 3 is 0.653 bits per heavy atom. The number of pyridine rings is 11. The van der Waals surface area contributed by atoms with Crippen LogP contribution in [0.15, 0.2) is 334 Å². The molecule has 0 atom stereocenters. The average molecular weight is 2240 g/mol. The molecule has 27 nitrogen and oxygen atoms in total. The van der Waals surface area contributed by atoms with Gasteiger partial charge in [0.1, 0.15) is 33.8 Å². The van der Waals surface area contributed by atoms with E-state index in [-0.39, 0.29) is 18.4 Å². The summed E-state index contributed by atoms with van der Waals surface area (Å²) in [5.74, 6) is 5.59. The molecule has 0 radical (unpaired) electrons. The van der Waals surface area contributed by atoms with Crippen molar-refractivity contribution in [3.8, 4) is 63.2 Å². The van der Waals surface area contributed by atoms with Gasteiger partial charge in [-0.2, -0.15) is 0 Å². The molecule has 0 aliphatic heterocycles. The van der Waals surface area contributed by atoms with Gasteiger partial charge in [0, 0.05) is 34.7 Å². The van der Waals surface area contributed by atoms with E-state index < -0.39 is 89.8 Å². The first-order valence-corrected chi connectivity index (χ1v) is 62.3. The Hall–Kier alpha value is -15.3. The number of benzene rings is 11. The van der Waals surface area contributed by atoms with Crippen LogP contribution in [0, 0.1) is 81.6 Å². The predicted molar refractivity (Wildman–Crippen MR) is 590 cm³/mol. The number of carbonyl (C=O) groups excluding carboxylic acids is 2. The summed E-state index contributed by atoms with van der Waals surface area (Å²) < 4.78 is 90.0. The van der Waals surface area contributed by atoms with Gasteiger partial charge in [0.2, 0.25) is 0 Å². The molecule has 0 aliphatic rings. The third kappa shape index (κ3) is 24.8. The predicted octanol–water partition coefficient (Wildman–Crippen LogP) is 25.7. The van der Waals surface area contributed by atoms with E-state index in [9.17, 15) is 9.59 Å². The summed E-state index contributed by atoms with van der Waals surface area (Å²) in [6, 6.07) is 102. The maximum atomic E-state index is 12.7. The molecule has 0 spiro atoms. The summed E-state index contributed by atoms with van der Waals surface area (Å²) in [6.07, 6.45) is 5.61. The molecule has 11 aromatic heterocycles. The van der Waals surface area contributed by atoms with Crippen molar-refractivity contribution in [2.45, 2.75) is 110 Å². The van der Waals surface area contributed by atoms with Gasteiger partial charge < -0.3 is 11.4 Å². The number of fused-ring (bicyclic) bond motifs is 11. The Morgan fingerprint density at radius 1 is 0.240 bits per heavy atom. The smallest absolute Gasteiger partial charge is 0.576 e. The van der Waals surface area contributed by atoms with Crippen molar-refractivity contribution in [2.24, 2.45) is 5.41 Å². The molecule has 0 amide bonds. The molecule has 740 valence electrons. The molecule has 11 heterocycles. The fourth-order valence-corrected chi connectivity index (χ4v) is 32.7. The second-order valence-corrected chi connectivity index (χ2v) is 51.6. The number of carbonyl (C=O) groups is 2. The van der Waals surface area contributed by atoms with E-state index in [2.05, 4.69) is 55.7 Å². The molecule has 0 aliphatic carbocycles. The maximum Gasteiger partial charge on any atom is 1.20 e. The molecule has 0 fully saturated rings. The number of rotatable bonds is 27. The van der Waals surface area contributed by atoms with Crippen molar-refractivity contribution in [1.82, 2.24) is 54.8 Å². The largest absolute Gasteiger partial charge is 1.20 e. The summed E-state index contributed by atoms with van der Waals surface area (Å²) in [4.78, 5) is 76.3. The van der Waals surface area contributed by atoms with Crippen molar-refractivity contribution in [3.63, 3.8) is 0 Å². The first-order chi connectivity index (χ1) is 72.7. The van der Waals surface area contributed by atoms with E-state index in [0.717, 1.165) is 171 Å². The van der Waals surface area contributed by atoms with Crippen LogP contribution in [-0.4, -0.2) is 151 Å². The van der Waals surface area contributed by atoms with Gasteiger partial charge >= 0.3 is 700 Å². The van der Waals surface area contributed by atoms with Crippen LogP contribution in [0.25, 0.3) is 120 Å². The van der Waals surface area contributed by atoms with Crippen LogP contribution in [0.1, 0.15) is 96.4 Å². The number of aryl methyl sites for hydroxylation is 11. The van der Waals surface area contributed by atoms with E-state index in [1.807, 2.05) is 371 Å². The maximum absolute atomic E-state index is 12.7. The van der Waals surface area contributed by atoms with Crippen molar-refractivity contribution in [2.75, 3.05) is 0 Å². The van der Waals surface area contributed by atoms with Crippen molar-refractivity contribution in [3.05, 3.63) is 396 Å². The minimum atomic E-state index is -3.87. The topological polar surface area (TPSA) is 305 Å². The molecule has 0 saturated carbocycles. The third-order valence-electron chi connectivity index (χ3n) is 24.4. The number of aromatic nitrogens is 11. The second kappa shape index (κ2) is 46.6. The first kappa shape index (κ1) is 103. The zero-order valence-corrected chi connectivity index (χ0v) is 96.1. The molecule has 0 N–H and O–H groups in total. The second-order valence-electron chi connectivity index (χ2n) is 37.0. The van der Waals surface area contributed by atoms with Gasteiger partial charge in [0.15, 0.2) is 0 Å². The van der Waals surface area contributed by atoms with Crippen LogP contribution in [0.4, 0.5) is 0 Å². The monoisotopic (exact) mass is 2230 g/mol. The standard InChI is InChI=1S/11C10H9NO.C5H10O2.C3H6O2.Al.4Ga.O/c3*1-7-5-6-11-10-8(7)3-2-4-9(10)12;8*1-7-5-6-8-3-2-4-9(12)10(8)11-7;1-5(2,3)4(6)7;1-2-3(4)5;;;;;;/h11*2-6,12H,1H3;1-3H3,(H,6,7);2H2,1H3,(H,4,5);;;;;;/q;;;;;;;;;;;;;+3;2*+2;2*+3;/p-13. The molecule has 0 bridgehead atoms. The van der Waals surface area contributed by atoms with Crippen LogP contribution < -0.4 is 39.6 Å². The quantitative estimate of drug-likeness (QED) is 0.0432. The van der Waals surface area contributed by atoms with Gasteiger partial charge in [-0.15, -0.1) is 0 Å². The van der Waals surface area contributed by atoms with Crippen molar-refractivity contribution >= 4 is 216 Å². The fraction of sp³-hybridized carbons (Fsp3) is 0.144. The van der Waals surface area contributed by atoms with Crippen molar-refractivity contribution in [1.29, 1.82) is 0 Å². The molecule has 22 aromatic rings. The van der Waals surface area contributed by atoms with Gasteiger partial charge in [0.05, 0.1) is 0 Å². The van der Waals surface area contributed by atoms with Crippen LogP contribution in [0.5, 0.6) is 63.2 Å². The number of para-hydroxylation sites is 11. The molecule has 22 rings (SSSR count). The van der Waals surface area contributed by atoms with E-state index in [4.69, 9.17) is 68.9 Å². The molecular formula is C118H102AlGa4N11O16. The van der Waals surface area contributed by atoms with Crippen molar-refractivity contribution < 1.29 is 58.6 Å². The fourth-order valence-electron chi connectivity index (χ4n) is 16.7. The van der Waals surface area contributed by atoms with Gasteiger partial charge in [-0.1, -0.05) is 36.4 Å². The van der Waals surface area contributed by atoms with Gasteiger partial charge in [-0.25, -0.2) is 0 Å². The zero-order chi connectivity index (χ0) is 104. The third-order valence-corrected chi connectivity index (χ3v) is 40.9. The van der Waals surface area contributed by atoms with Crippen LogP contribution in [0.2, 0.25) is 0 Å². The van der Waals surface area contributed by atoms with Gasteiger partial charge in [-0.3, -0.25) is 15.0 Å². The van der Waals surface area contributed by atoms with Crippen LogP contribution >= 0.6 is 0 Å². The Morgan fingerprint density at radius 2 is 0.440 bits per heavy atom. The Balaban J connectivity index is 0.000000128. The number of hydrogen-bond donors (Lipinski definition) is 0. The summed E-state index contributed by atoms with van der Waals surface area (Å²) >= 11 is -17.8. The molecule has 11 aromatic carbocycles. The SMILES string of the molecule is CCC(=O)[O][Ga]([O]c1cccc2ccc(C)nc12)[O]c1cccc2ccc(C)nc12.Cc1ccc2cccc([O][Ga]([O]C(=O)C(C)(C)C)[O]c3cccc4ccc(C)nc34)c2n1.Cc1ccc2cccc([O][Ga]([O]c3cccc4ccc(C)nc34)[O][Ga]([O]c3cccc4ccc(C)nc34)[O]c3cccc4ccc(C)nc34)c2n1.Cc1ccnc2c([O][Al]([O]c3cccc4c(C)ccnc34)[O]c3cccc4c(C)ccnc34)cccc12. The normalized spacial score (nSPS) is 11.1. The molecule has 32 heteroatoms. The molecule has 0 unspecified atom stereocenters. The van der Waals surface area contributed by atoms with E-state index in [1.54, 1.807) is 46.3 Å². The van der Waals surface area contributed by atoms with Crippen LogP contribution in [-0.2, 0) is 19.0 Å². The molecule has 0 saturated heterocycles. The average Bonchev–Trinajstić information content (AvgIpc) is 0.769. The Kier molecular flexibility index (Phi) is 32.1. The Bertz CT molecular complexity index is 8120. The minimum absolute atomic E-state index is 0.244. The first-order valence-electron chi connectivity index (χ1n) is 49.0. The van der Waals surface area contributed by atoms with Gasteiger partial charge in [-0.05, 0) is 73.9 Å².